The first kappa shape index (κ1) is 6.84. The molecular weight excluding hydrogens is 158 g/mol. The quantitative estimate of drug-likeness (QED) is 0.486. The van der Waals surface area contributed by atoms with E-state index in [9.17, 15) is 8.78 Å². The Labute approximate surface area is 63.6 Å². The van der Waals surface area contributed by atoms with E-state index >= 15 is 0 Å². The van der Waals surface area contributed by atoms with E-state index in [1.54, 1.807) is 0 Å². The van der Waals surface area contributed by atoms with Crippen molar-refractivity contribution in [1.29, 1.82) is 0 Å². The number of rotatable bonds is 0. The van der Waals surface area contributed by atoms with Gasteiger partial charge in [0, 0.05) is 5.92 Å². The lowest BCUT2D eigenvalue weighted by atomic mass is 9.99. The van der Waals surface area contributed by atoms with E-state index in [1.165, 1.54) is 0 Å². The zero-order valence-corrected chi connectivity index (χ0v) is 6.30. The molecule has 2 saturated carbocycles. The molecule has 2 aliphatic rings. The van der Waals surface area contributed by atoms with Gasteiger partial charge in [-0.25, -0.2) is 8.78 Å². The summed E-state index contributed by atoms with van der Waals surface area (Å²) < 4.78 is 26.2. The second kappa shape index (κ2) is 1.66. The Balaban J connectivity index is 2.20. The molecule has 58 valence electrons. The van der Waals surface area contributed by atoms with Gasteiger partial charge in [0.2, 0.25) is 5.13 Å². The van der Waals surface area contributed by atoms with E-state index in [4.69, 9.17) is 11.6 Å². The molecule has 3 heteroatoms. The van der Waals surface area contributed by atoms with Crippen LogP contribution in [0.2, 0.25) is 0 Å². The number of halogens is 3. The van der Waals surface area contributed by atoms with Crippen LogP contribution < -0.4 is 0 Å². The SMILES string of the molecule is F[C@]1(Cl)[C@H]2CCCC[C@]21F. The van der Waals surface area contributed by atoms with Gasteiger partial charge in [-0.05, 0) is 12.8 Å². The van der Waals surface area contributed by atoms with Crippen LogP contribution in [0.1, 0.15) is 25.7 Å². The molecule has 0 unspecified atom stereocenters. The van der Waals surface area contributed by atoms with Gasteiger partial charge < -0.3 is 0 Å². The van der Waals surface area contributed by atoms with Gasteiger partial charge in [-0.3, -0.25) is 0 Å². The maximum atomic E-state index is 13.2. The van der Waals surface area contributed by atoms with Gasteiger partial charge in [-0.2, -0.15) is 0 Å². The summed E-state index contributed by atoms with van der Waals surface area (Å²) in [4.78, 5) is 0. The Morgan fingerprint density at radius 3 is 2.40 bits per heavy atom. The topological polar surface area (TPSA) is 0 Å². The number of hydrogen-bond donors (Lipinski definition) is 0. The Bertz CT molecular complexity index is 169. The van der Waals surface area contributed by atoms with Crippen LogP contribution in [-0.2, 0) is 0 Å². The second-order valence-corrected chi connectivity index (χ2v) is 3.83. The molecule has 0 heterocycles. The van der Waals surface area contributed by atoms with Crippen molar-refractivity contribution in [2.75, 3.05) is 0 Å². The first-order chi connectivity index (χ1) is 4.59. The Kier molecular flexibility index (Phi) is 1.13. The molecule has 0 nitrogen and oxygen atoms in total. The standard InChI is InChI=1S/C7H9ClF2/c8-7(10)5-3-1-2-4-6(5,7)9/h5H,1-4H2/t5-,6-,7+/m0/s1. The number of hydrogen-bond acceptors (Lipinski definition) is 0. The molecule has 2 aliphatic carbocycles. The molecule has 0 spiro atoms. The molecular formula is C7H9ClF2. The molecule has 0 aromatic carbocycles. The first-order valence-electron chi connectivity index (χ1n) is 3.66. The molecule has 3 atom stereocenters. The molecule has 10 heavy (non-hydrogen) atoms. The molecule has 2 fully saturated rings. The van der Waals surface area contributed by atoms with Crippen LogP contribution in [0.3, 0.4) is 0 Å². The minimum atomic E-state index is -2.01. The molecule has 0 aromatic rings. The third-order valence-electron chi connectivity index (χ3n) is 2.74. The summed E-state index contributed by atoms with van der Waals surface area (Å²) in [5.74, 6) is -0.504. The molecule has 0 radical (unpaired) electrons. The van der Waals surface area contributed by atoms with Crippen molar-refractivity contribution in [1.82, 2.24) is 0 Å². The monoisotopic (exact) mass is 166 g/mol. The smallest absolute Gasteiger partial charge is 0.223 e. The minimum Gasteiger partial charge on any atom is -0.238 e. The van der Waals surface area contributed by atoms with Crippen molar-refractivity contribution >= 4 is 11.6 Å². The van der Waals surface area contributed by atoms with Crippen molar-refractivity contribution in [3.8, 4) is 0 Å². The highest BCUT2D eigenvalue weighted by molar-refractivity contribution is 6.26. The summed E-state index contributed by atoms with van der Waals surface area (Å²) >= 11 is 5.31. The molecule has 0 saturated heterocycles. The first-order valence-corrected chi connectivity index (χ1v) is 4.03. The molecule has 2 rings (SSSR count). The Morgan fingerprint density at radius 1 is 1.30 bits per heavy atom. The van der Waals surface area contributed by atoms with Gasteiger partial charge in [-0.15, -0.1) is 0 Å². The lowest BCUT2D eigenvalue weighted by Gasteiger charge is -2.10. The average Bonchev–Trinajstić information content (AvgIpc) is 2.30. The molecule has 0 bridgehead atoms. The highest BCUT2D eigenvalue weighted by atomic mass is 35.5. The molecule has 0 amide bonds. The Morgan fingerprint density at radius 2 is 2.00 bits per heavy atom. The van der Waals surface area contributed by atoms with Crippen LogP contribution in [0.5, 0.6) is 0 Å². The van der Waals surface area contributed by atoms with Crippen LogP contribution in [0.25, 0.3) is 0 Å². The van der Waals surface area contributed by atoms with Gasteiger partial charge in [0.15, 0.2) is 5.67 Å². The highest BCUT2D eigenvalue weighted by Crippen LogP contribution is 2.69. The summed E-state index contributed by atoms with van der Waals surface area (Å²) in [6, 6.07) is 0. The van der Waals surface area contributed by atoms with Gasteiger partial charge in [0.1, 0.15) is 0 Å². The fourth-order valence-electron chi connectivity index (χ4n) is 1.98. The molecule has 0 N–H and O–H groups in total. The summed E-state index contributed by atoms with van der Waals surface area (Å²) in [6.45, 7) is 0. The minimum absolute atomic E-state index is 0.317. The number of fused-ring (bicyclic) bond motifs is 1. The van der Waals surface area contributed by atoms with Crippen molar-refractivity contribution in [2.24, 2.45) is 5.92 Å². The van der Waals surface area contributed by atoms with Gasteiger partial charge >= 0.3 is 0 Å². The maximum absolute atomic E-state index is 13.2. The summed E-state index contributed by atoms with van der Waals surface area (Å²) in [5, 5.41) is -2.01. The van der Waals surface area contributed by atoms with E-state index in [0.717, 1.165) is 12.8 Å². The predicted octanol–water partition coefficient (Wildman–Crippen LogP) is 2.80. The lowest BCUT2D eigenvalue weighted by molar-refractivity contribution is 0.191. The van der Waals surface area contributed by atoms with Gasteiger partial charge in [0.25, 0.3) is 0 Å². The third kappa shape index (κ3) is 0.565. The van der Waals surface area contributed by atoms with E-state index in [0.29, 0.717) is 12.8 Å². The zero-order valence-electron chi connectivity index (χ0n) is 5.54. The van der Waals surface area contributed by atoms with Gasteiger partial charge in [-0.1, -0.05) is 24.4 Å². The van der Waals surface area contributed by atoms with Gasteiger partial charge in [0.05, 0.1) is 0 Å². The van der Waals surface area contributed by atoms with E-state index in [2.05, 4.69) is 0 Å². The predicted molar refractivity (Wildman–Crippen MR) is 35.5 cm³/mol. The summed E-state index contributed by atoms with van der Waals surface area (Å²) in [7, 11) is 0. The maximum Gasteiger partial charge on any atom is 0.223 e. The third-order valence-corrected chi connectivity index (χ3v) is 3.32. The summed E-state index contributed by atoms with van der Waals surface area (Å²) in [6.07, 6.45) is 2.65. The lowest BCUT2D eigenvalue weighted by Crippen LogP contribution is -2.12. The van der Waals surface area contributed by atoms with Crippen LogP contribution in [0, 0.1) is 5.92 Å². The molecule has 0 aromatic heterocycles. The fraction of sp³-hybridized carbons (Fsp3) is 1.00. The highest BCUT2D eigenvalue weighted by Gasteiger charge is 2.79. The average molecular weight is 167 g/mol. The summed E-state index contributed by atoms with van der Waals surface area (Å²) in [5.41, 5.74) is -1.66. The van der Waals surface area contributed by atoms with E-state index < -0.39 is 16.7 Å². The zero-order chi connectivity index (χ0) is 7.41. The van der Waals surface area contributed by atoms with Crippen molar-refractivity contribution < 1.29 is 8.78 Å². The molecule has 0 aliphatic heterocycles. The Hall–Kier alpha value is 0.150. The van der Waals surface area contributed by atoms with Crippen LogP contribution in [0.15, 0.2) is 0 Å². The van der Waals surface area contributed by atoms with Crippen molar-refractivity contribution in [3.05, 3.63) is 0 Å². The van der Waals surface area contributed by atoms with E-state index in [-0.39, 0.29) is 0 Å². The number of alkyl halides is 3. The second-order valence-electron chi connectivity index (χ2n) is 3.28. The fourth-order valence-corrected chi connectivity index (χ4v) is 2.43. The van der Waals surface area contributed by atoms with Crippen LogP contribution >= 0.6 is 11.6 Å². The van der Waals surface area contributed by atoms with Crippen LogP contribution in [0.4, 0.5) is 8.78 Å². The largest absolute Gasteiger partial charge is 0.238 e. The van der Waals surface area contributed by atoms with E-state index in [1.807, 2.05) is 0 Å². The van der Waals surface area contributed by atoms with Crippen molar-refractivity contribution in [3.63, 3.8) is 0 Å². The van der Waals surface area contributed by atoms with Crippen LogP contribution in [-0.4, -0.2) is 10.8 Å². The van der Waals surface area contributed by atoms with Crippen molar-refractivity contribution in [2.45, 2.75) is 36.5 Å². The normalized spacial score (nSPS) is 59.7.